The highest BCUT2D eigenvalue weighted by atomic mass is 19.1. The van der Waals surface area contributed by atoms with E-state index in [0.717, 1.165) is 5.56 Å². The van der Waals surface area contributed by atoms with E-state index in [9.17, 15) is 14.0 Å². The average molecular weight is 375 g/mol. The second-order valence-corrected chi connectivity index (χ2v) is 6.13. The molecule has 0 aliphatic carbocycles. The first kappa shape index (κ1) is 19.0. The van der Waals surface area contributed by atoms with Gasteiger partial charge in [-0.25, -0.2) is 4.39 Å². The number of carbonyl (C=O) groups excluding carboxylic acids is 2. The maximum absolute atomic E-state index is 13.1. The van der Waals surface area contributed by atoms with Crippen LogP contribution in [0.3, 0.4) is 0 Å². The summed E-state index contributed by atoms with van der Waals surface area (Å²) in [7, 11) is 0. The summed E-state index contributed by atoms with van der Waals surface area (Å²) in [6, 6.07) is 15.9. The van der Waals surface area contributed by atoms with Gasteiger partial charge >= 0.3 is 0 Å². The van der Waals surface area contributed by atoms with Gasteiger partial charge in [-0.2, -0.15) is 0 Å². The number of nitrogens with one attached hydrogen (secondary N) is 2. The molecule has 3 rings (SSSR count). The smallest absolute Gasteiger partial charge is 0.272 e. The number of hydrogen-bond donors (Lipinski definition) is 2. The minimum Gasteiger partial charge on any atom is -0.321 e. The van der Waals surface area contributed by atoms with Crippen LogP contribution in [0.1, 0.15) is 21.5 Å². The Bertz CT molecular complexity index is 998. The Morgan fingerprint density at radius 2 is 1.71 bits per heavy atom. The molecular formula is C22H18FN3O2. The third kappa shape index (κ3) is 5.11. The van der Waals surface area contributed by atoms with E-state index in [0.29, 0.717) is 16.8 Å². The summed E-state index contributed by atoms with van der Waals surface area (Å²) >= 11 is 0. The number of anilines is 1. The van der Waals surface area contributed by atoms with Crippen molar-refractivity contribution in [1.82, 2.24) is 10.3 Å². The molecule has 2 amide bonds. The van der Waals surface area contributed by atoms with E-state index in [2.05, 4.69) is 15.6 Å². The Labute approximate surface area is 161 Å². The number of aromatic nitrogens is 1. The Hall–Kier alpha value is -3.80. The number of aryl methyl sites for hydroxylation is 1. The first-order valence-corrected chi connectivity index (χ1v) is 8.58. The van der Waals surface area contributed by atoms with Gasteiger partial charge in [-0.05, 0) is 61.0 Å². The highest BCUT2D eigenvalue weighted by Crippen LogP contribution is 2.12. The molecule has 0 atom stereocenters. The van der Waals surface area contributed by atoms with Crippen LogP contribution >= 0.6 is 0 Å². The SMILES string of the molecule is Cc1ccc(C(=O)N/C(=C/c2cccnc2)C(=O)Nc2ccc(F)cc2)cc1. The van der Waals surface area contributed by atoms with Crippen molar-refractivity contribution in [3.63, 3.8) is 0 Å². The van der Waals surface area contributed by atoms with Crippen molar-refractivity contribution in [2.75, 3.05) is 5.32 Å². The second-order valence-electron chi connectivity index (χ2n) is 6.13. The van der Waals surface area contributed by atoms with Crippen molar-refractivity contribution in [3.8, 4) is 0 Å². The molecule has 1 heterocycles. The summed E-state index contributed by atoms with van der Waals surface area (Å²) in [5.74, 6) is -1.35. The Morgan fingerprint density at radius 1 is 1.00 bits per heavy atom. The molecule has 0 aliphatic rings. The Kier molecular flexibility index (Phi) is 5.91. The molecule has 140 valence electrons. The van der Waals surface area contributed by atoms with Crippen LogP contribution in [0.25, 0.3) is 6.08 Å². The molecule has 0 radical (unpaired) electrons. The number of amides is 2. The molecule has 1 aromatic heterocycles. The van der Waals surface area contributed by atoms with Gasteiger partial charge in [-0.3, -0.25) is 14.6 Å². The number of halogens is 1. The van der Waals surface area contributed by atoms with E-state index in [1.807, 2.05) is 19.1 Å². The normalized spacial score (nSPS) is 11.0. The molecule has 0 aliphatic heterocycles. The predicted molar refractivity (Wildman–Crippen MR) is 106 cm³/mol. The molecule has 0 unspecified atom stereocenters. The van der Waals surface area contributed by atoms with Crippen LogP contribution in [-0.4, -0.2) is 16.8 Å². The number of rotatable bonds is 5. The molecular weight excluding hydrogens is 357 g/mol. The minimum absolute atomic E-state index is 0.0444. The monoisotopic (exact) mass is 375 g/mol. The van der Waals surface area contributed by atoms with Crippen LogP contribution in [0.5, 0.6) is 0 Å². The van der Waals surface area contributed by atoms with E-state index in [1.165, 1.54) is 30.3 Å². The van der Waals surface area contributed by atoms with Gasteiger partial charge in [0.2, 0.25) is 0 Å². The number of nitrogens with zero attached hydrogens (tertiary/aromatic N) is 1. The lowest BCUT2D eigenvalue weighted by Gasteiger charge is -2.11. The van der Waals surface area contributed by atoms with E-state index in [-0.39, 0.29) is 5.70 Å². The van der Waals surface area contributed by atoms with Crippen molar-refractivity contribution in [3.05, 3.63) is 101 Å². The van der Waals surface area contributed by atoms with E-state index < -0.39 is 17.6 Å². The molecule has 0 fully saturated rings. The maximum atomic E-state index is 13.1. The molecule has 28 heavy (non-hydrogen) atoms. The van der Waals surface area contributed by atoms with Gasteiger partial charge in [0.25, 0.3) is 11.8 Å². The first-order valence-electron chi connectivity index (χ1n) is 8.58. The van der Waals surface area contributed by atoms with Gasteiger partial charge in [-0.15, -0.1) is 0 Å². The van der Waals surface area contributed by atoms with Crippen molar-refractivity contribution in [1.29, 1.82) is 0 Å². The lowest BCUT2D eigenvalue weighted by Crippen LogP contribution is -2.30. The predicted octanol–water partition coefficient (Wildman–Crippen LogP) is 3.94. The zero-order chi connectivity index (χ0) is 19.9. The fraction of sp³-hybridized carbons (Fsp3) is 0.0455. The van der Waals surface area contributed by atoms with Gasteiger partial charge < -0.3 is 10.6 Å². The van der Waals surface area contributed by atoms with Gasteiger partial charge in [0, 0.05) is 23.6 Å². The summed E-state index contributed by atoms with van der Waals surface area (Å²) in [5, 5.41) is 5.29. The number of hydrogen-bond acceptors (Lipinski definition) is 3. The number of benzene rings is 2. The van der Waals surface area contributed by atoms with E-state index in [1.54, 1.807) is 36.7 Å². The van der Waals surface area contributed by atoms with E-state index in [4.69, 9.17) is 0 Å². The van der Waals surface area contributed by atoms with Crippen molar-refractivity contribution >= 4 is 23.6 Å². The summed E-state index contributed by atoms with van der Waals surface area (Å²) in [6.45, 7) is 1.92. The van der Waals surface area contributed by atoms with Crippen LogP contribution in [0.15, 0.2) is 78.8 Å². The number of carbonyl (C=O) groups is 2. The Balaban J connectivity index is 1.85. The summed E-state index contributed by atoms with van der Waals surface area (Å²) < 4.78 is 13.1. The fourth-order valence-electron chi connectivity index (χ4n) is 2.42. The van der Waals surface area contributed by atoms with Crippen molar-refractivity contribution in [2.45, 2.75) is 6.92 Å². The zero-order valence-electron chi connectivity index (χ0n) is 15.1. The first-order chi connectivity index (χ1) is 13.5. The Morgan fingerprint density at radius 3 is 2.36 bits per heavy atom. The molecule has 6 heteroatoms. The zero-order valence-corrected chi connectivity index (χ0v) is 15.1. The van der Waals surface area contributed by atoms with Crippen LogP contribution in [0, 0.1) is 12.7 Å². The number of pyridine rings is 1. The standard InChI is InChI=1S/C22H18FN3O2/c1-15-4-6-17(7-5-15)21(27)26-20(13-16-3-2-12-24-14-16)22(28)25-19-10-8-18(23)9-11-19/h2-14H,1H3,(H,25,28)(H,26,27)/b20-13+. The molecule has 3 aromatic rings. The van der Waals surface area contributed by atoms with E-state index >= 15 is 0 Å². The molecule has 0 bridgehead atoms. The topological polar surface area (TPSA) is 71.1 Å². The molecule has 0 saturated heterocycles. The molecule has 2 N–H and O–H groups in total. The summed E-state index contributed by atoms with van der Waals surface area (Å²) in [4.78, 5) is 29.3. The highest BCUT2D eigenvalue weighted by Gasteiger charge is 2.15. The van der Waals surface area contributed by atoms with Gasteiger partial charge in [0.15, 0.2) is 0 Å². The molecule has 0 spiro atoms. The van der Waals surface area contributed by atoms with Crippen LogP contribution in [0.4, 0.5) is 10.1 Å². The van der Waals surface area contributed by atoms with Crippen molar-refractivity contribution in [2.24, 2.45) is 0 Å². The van der Waals surface area contributed by atoms with Crippen LogP contribution in [0.2, 0.25) is 0 Å². The molecule has 5 nitrogen and oxygen atoms in total. The third-order valence-electron chi connectivity index (χ3n) is 3.90. The highest BCUT2D eigenvalue weighted by molar-refractivity contribution is 6.10. The largest absolute Gasteiger partial charge is 0.321 e. The lowest BCUT2D eigenvalue weighted by atomic mass is 10.1. The van der Waals surface area contributed by atoms with Gasteiger partial charge in [-0.1, -0.05) is 23.8 Å². The quantitative estimate of drug-likeness (QED) is 0.664. The van der Waals surface area contributed by atoms with Crippen LogP contribution < -0.4 is 10.6 Å². The summed E-state index contributed by atoms with van der Waals surface area (Å²) in [6.07, 6.45) is 4.71. The van der Waals surface area contributed by atoms with Gasteiger partial charge in [0.05, 0.1) is 0 Å². The van der Waals surface area contributed by atoms with Crippen LogP contribution in [-0.2, 0) is 4.79 Å². The van der Waals surface area contributed by atoms with Crippen molar-refractivity contribution < 1.29 is 14.0 Å². The summed E-state index contributed by atoms with van der Waals surface area (Å²) in [5.41, 5.74) is 2.56. The minimum atomic E-state index is -0.532. The molecule has 2 aromatic carbocycles. The second kappa shape index (κ2) is 8.73. The fourth-order valence-corrected chi connectivity index (χ4v) is 2.42. The maximum Gasteiger partial charge on any atom is 0.272 e. The lowest BCUT2D eigenvalue weighted by molar-refractivity contribution is -0.113. The van der Waals surface area contributed by atoms with Gasteiger partial charge in [0.1, 0.15) is 11.5 Å². The average Bonchev–Trinajstić information content (AvgIpc) is 2.70. The molecule has 0 saturated carbocycles. The third-order valence-corrected chi connectivity index (χ3v) is 3.90.